The van der Waals surface area contributed by atoms with Crippen molar-refractivity contribution in [2.45, 2.75) is 0 Å². The summed E-state index contributed by atoms with van der Waals surface area (Å²) in [6, 6.07) is 0. The zero-order chi connectivity index (χ0) is 38.9. The van der Waals surface area contributed by atoms with Gasteiger partial charge in [0.1, 0.15) is 0 Å². The van der Waals surface area contributed by atoms with Gasteiger partial charge in [0.2, 0.25) is 0 Å². The van der Waals surface area contributed by atoms with Gasteiger partial charge in [-0.25, -0.2) is 0 Å². The normalized spacial score (nSPS) is 15.2. The van der Waals surface area contributed by atoms with E-state index in [1.54, 1.807) is 0 Å². The minimum absolute atomic E-state index is 2.93. The molecule has 1 N–H and O–H groups in total. The van der Waals surface area contributed by atoms with Gasteiger partial charge in [0.05, 0.1) is 0 Å². The minimum atomic E-state index is -8.49. The van der Waals surface area contributed by atoms with Crippen LogP contribution >= 0.6 is 0 Å². The van der Waals surface area contributed by atoms with Crippen LogP contribution in [0.2, 0.25) is 0 Å². The van der Waals surface area contributed by atoms with E-state index in [1.807, 2.05) is 0 Å². The van der Waals surface area contributed by atoms with Crippen molar-refractivity contribution >= 4 is 0 Å². The third kappa shape index (κ3) is 24.4. The monoisotopic (exact) mass is 2780 g/mol. The third-order valence-electron chi connectivity index (χ3n) is 1.81. The Balaban J connectivity index is 5.79. The summed E-state index contributed by atoms with van der Waals surface area (Å²) in [4.78, 5) is 0. The molecule has 0 saturated heterocycles. The van der Waals surface area contributed by atoms with Crippen molar-refractivity contribution in [2.24, 2.45) is 0 Å². The van der Waals surface area contributed by atoms with Gasteiger partial charge < -0.3 is 0 Å². The molecule has 0 unspecified atom stereocenters. The van der Waals surface area contributed by atoms with Crippen LogP contribution in [0.25, 0.3) is 0 Å². The van der Waals surface area contributed by atoms with Crippen molar-refractivity contribution in [3.05, 3.63) is 0 Å². The third-order valence-corrected chi connectivity index (χ3v) is 121. The standard InChI is InChI=1S/H2O.35O.12W/h1H2;;;;;;;;;;;;;;;;;;;;;;;;;;;;;;;;;;;;;;;;;;;;;;;/q;;;;;;;;;;;;;;;;;;;;;;;;;;;;;;;;;;;;;;;;;;;;;;;+1/p-1. The van der Waals surface area contributed by atoms with Gasteiger partial charge in [0, 0.05) is 0 Å². The average Bonchev–Trinajstić information content (AvgIpc) is 2.53. The molecule has 0 aromatic heterocycles. The van der Waals surface area contributed by atoms with Crippen molar-refractivity contribution in [1.82, 2.24) is 0 Å². The van der Waals surface area contributed by atoms with Crippen LogP contribution in [0.3, 0.4) is 0 Å². The van der Waals surface area contributed by atoms with Gasteiger partial charge in [-0.15, -0.1) is 0 Å². The Morgan fingerprint density at radius 2 is 0.417 bits per heavy atom. The van der Waals surface area contributed by atoms with Crippen molar-refractivity contribution in [1.29, 1.82) is 0 Å². The molecule has 0 aromatic rings. The van der Waals surface area contributed by atoms with Crippen LogP contribution in [0, 0.1) is 0 Å². The number of hydrogen-bond acceptors (Lipinski definition) is 35. The van der Waals surface area contributed by atoms with Crippen LogP contribution in [-0.2, 0) is 306 Å². The summed E-state index contributed by atoms with van der Waals surface area (Å²) < 4.78 is 313. The van der Waals surface area contributed by atoms with E-state index in [-0.39, 0.29) is 0 Å². The van der Waals surface area contributed by atoms with Gasteiger partial charge in [-0.05, 0) is 0 Å². The molecule has 48 heavy (non-hydrogen) atoms. The Morgan fingerprint density at radius 3 is 0.562 bits per heavy atom. The SMILES string of the molecule is [O]=[W](=[O])[O][W](=[O])(=[O])[O][W](=[O])(=[O])[O][W](=[O])(=[O])[O][W](=[O])(=[O])[O][W](=[O])(=[O])[O][W](=[O])(=[O])[O][W](=[O])(=[O])[O][W](=[O])(=[O])[O][W](=[O])(=[O])[O][W](=[O])(=[O])[O][W](=[O])(=[O])[OH]. The van der Waals surface area contributed by atoms with Crippen LogP contribution in [0.1, 0.15) is 0 Å². The zero-order valence-electron chi connectivity index (χ0n) is 19.6. The molecule has 0 spiro atoms. The van der Waals surface area contributed by atoms with E-state index in [9.17, 15) is 81.5 Å². The molecule has 48 heteroatoms. The van der Waals surface area contributed by atoms with Gasteiger partial charge in [-0.2, -0.15) is 0 Å². The summed E-state index contributed by atoms with van der Waals surface area (Å²) in [6.45, 7) is 0. The fourth-order valence-electron chi connectivity index (χ4n) is 1.21. The molecule has 0 rings (SSSR count). The molecule has 0 heterocycles. The van der Waals surface area contributed by atoms with E-state index in [1.165, 1.54) is 0 Å². The van der Waals surface area contributed by atoms with E-state index in [0.29, 0.717) is 0 Å². The van der Waals surface area contributed by atoms with Gasteiger partial charge in [-0.1, -0.05) is 0 Å². The van der Waals surface area contributed by atoms with Gasteiger partial charge in [0.15, 0.2) is 0 Å². The molecule has 289 valence electrons. The molecule has 0 aliphatic heterocycles. The molecule has 0 fully saturated rings. The maximum absolute atomic E-state index is 11.7. The van der Waals surface area contributed by atoms with E-state index >= 15 is 0 Å². The van der Waals surface area contributed by atoms with Crippen molar-refractivity contribution in [2.75, 3.05) is 0 Å². The van der Waals surface area contributed by atoms with Crippen LogP contribution < -0.4 is 0 Å². The van der Waals surface area contributed by atoms with E-state index < -0.39 is 202 Å². The van der Waals surface area contributed by atoms with Gasteiger partial charge in [-0.3, -0.25) is 0 Å². The van der Waals surface area contributed by atoms with Crippen LogP contribution in [-0.4, -0.2) is 3.76 Å². The molecule has 0 atom stereocenters. The second kappa shape index (κ2) is 17.4. The summed E-state index contributed by atoms with van der Waals surface area (Å²) >= 11 is -95.1. The van der Waals surface area contributed by atoms with Crippen LogP contribution in [0.15, 0.2) is 0 Å². The van der Waals surface area contributed by atoms with Crippen molar-refractivity contribution < 1.29 is 310 Å². The molecule has 0 aliphatic carbocycles. The van der Waals surface area contributed by atoms with Crippen LogP contribution in [0.5, 0.6) is 0 Å². The zero-order valence-corrected chi connectivity index (χ0v) is 54.8. The molecule has 0 bridgehead atoms. The first-order valence-corrected chi connectivity index (χ1v) is 64.2. The first kappa shape index (κ1) is 51.0. The first-order valence-electron chi connectivity index (χ1n) is 7.85. The number of hydrogen-bond donors (Lipinski definition) is 1. The fourth-order valence-corrected chi connectivity index (χ4v) is 135. The molecule has 0 aliphatic rings. The predicted octanol–water partition coefficient (Wildman–Crippen LogP) is -4.19. The number of rotatable bonds is 22. The van der Waals surface area contributed by atoms with E-state index in [2.05, 4.69) is 22.5 Å². The molecular formula is HO36W12. The Morgan fingerprint density at radius 1 is 0.271 bits per heavy atom. The second-order valence-corrected chi connectivity index (χ2v) is 88.7. The molecule has 0 radical (unpaired) electrons. The first-order chi connectivity index (χ1) is 20.5. The maximum atomic E-state index is 11.7. The molecule has 0 amide bonds. The van der Waals surface area contributed by atoms with Gasteiger partial charge >= 0.3 is 310 Å². The van der Waals surface area contributed by atoms with Crippen LogP contribution in [0.4, 0.5) is 0 Å². The van der Waals surface area contributed by atoms with Crippen molar-refractivity contribution in [3.8, 4) is 0 Å². The van der Waals surface area contributed by atoms with E-state index in [0.717, 1.165) is 0 Å². The summed E-state index contributed by atoms with van der Waals surface area (Å²) in [5.41, 5.74) is 0. The van der Waals surface area contributed by atoms with E-state index in [4.69, 9.17) is 3.76 Å². The second-order valence-electron chi connectivity index (χ2n) is 5.46. The summed E-state index contributed by atoms with van der Waals surface area (Å²) in [5, 5.41) is 0. The fraction of sp³-hybridized carbons (Fsp3) is 0. The topological polar surface area (TPSA) is 531 Å². The molecule has 0 saturated carbocycles. The Labute approximate surface area is 303 Å². The molecule has 36 nitrogen and oxygen atoms in total. The summed E-state index contributed by atoms with van der Waals surface area (Å²) in [6.07, 6.45) is 0. The Hall–Kier alpha value is 2.98. The van der Waals surface area contributed by atoms with Crippen molar-refractivity contribution in [3.63, 3.8) is 0 Å². The molecular weight excluding hydrogens is 2780 g/mol. The average molecular weight is 2780 g/mol. The quantitative estimate of drug-likeness (QED) is 0.107. The van der Waals surface area contributed by atoms with Gasteiger partial charge in [0.25, 0.3) is 0 Å². The summed E-state index contributed by atoms with van der Waals surface area (Å²) in [7, 11) is 0. The summed E-state index contributed by atoms with van der Waals surface area (Å²) in [5.74, 6) is 0. The Bertz CT molecular complexity index is 2540. The predicted molar refractivity (Wildman–Crippen MR) is 30.6 cm³/mol. The Kier molecular flexibility index (Phi) is 18.5. The molecule has 0 aromatic carbocycles.